The Bertz CT molecular complexity index is 1450. The molecule has 0 saturated carbocycles. The number of nitrogens with zero attached hydrogens (tertiary/aromatic N) is 3. The first-order valence-electron chi connectivity index (χ1n) is 17.0. The standard InChI is InChI=1S/C20H38N4O6.C15H14O6/c1-18(2)4-6-24-16-19(22-23-24)17-30-15-14-29-13-12-28-11-10-27-9-8-26-7-5-20(25)21-3;16-8-4-11(18)9-6-13(20)15(21-14(9)5-8)7-1-2-10(17)12(19)3-7/h16,18H,4-15,17H2,1-3H3,(H,21,25);1-5,13,15-20H,6H2/t;13-,15+/m.0/s1. The van der Waals surface area contributed by atoms with Gasteiger partial charge in [0.25, 0.3) is 0 Å². The zero-order valence-electron chi connectivity index (χ0n) is 29.5. The third kappa shape index (κ3) is 15.3. The van der Waals surface area contributed by atoms with Crippen LogP contribution in [0.2, 0.25) is 0 Å². The van der Waals surface area contributed by atoms with Crippen LogP contribution in [0.4, 0.5) is 0 Å². The minimum Gasteiger partial charge on any atom is -0.508 e. The van der Waals surface area contributed by atoms with Gasteiger partial charge in [-0.05, 0) is 30.0 Å². The Kier molecular flexibility index (Phi) is 18.3. The van der Waals surface area contributed by atoms with Gasteiger partial charge < -0.3 is 59.3 Å². The number of carbonyl (C=O) groups is 1. The topological polar surface area (TPSA) is 216 Å². The molecular weight excluding hydrogens is 668 g/mol. The summed E-state index contributed by atoms with van der Waals surface area (Å²) in [6, 6.07) is 6.67. The van der Waals surface area contributed by atoms with E-state index >= 15 is 0 Å². The number of phenols is 4. The minimum absolute atomic E-state index is 0.0281. The number of aliphatic hydroxyl groups is 1. The minimum atomic E-state index is -0.933. The molecule has 1 aromatic heterocycles. The van der Waals surface area contributed by atoms with Crippen molar-refractivity contribution in [2.75, 3.05) is 66.5 Å². The number of ether oxygens (including phenoxy) is 6. The number of aromatic hydroxyl groups is 4. The molecule has 1 aliphatic rings. The molecule has 0 radical (unpaired) electrons. The van der Waals surface area contributed by atoms with Gasteiger partial charge in [-0.15, -0.1) is 5.10 Å². The van der Waals surface area contributed by atoms with E-state index in [0.717, 1.165) is 18.7 Å². The normalized spacial score (nSPS) is 15.2. The van der Waals surface area contributed by atoms with Gasteiger partial charge in [-0.1, -0.05) is 25.1 Å². The van der Waals surface area contributed by atoms with Crippen LogP contribution in [0.1, 0.15) is 49.6 Å². The first-order chi connectivity index (χ1) is 24.6. The lowest BCUT2D eigenvalue weighted by molar-refractivity contribution is -0.121. The molecule has 1 aliphatic heterocycles. The van der Waals surface area contributed by atoms with Crippen LogP contribution >= 0.6 is 0 Å². The highest BCUT2D eigenvalue weighted by atomic mass is 16.6. The maximum atomic E-state index is 11.0. The molecule has 0 aliphatic carbocycles. The molecule has 2 aromatic carbocycles. The molecular formula is C35H52N4O12. The number of aromatic nitrogens is 3. The van der Waals surface area contributed by atoms with Crippen molar-refractivity contribution < 1.29 is 58.7 Å². The molecule has 4 rings (SSSR count). The maximum absolute atomic E-state index is 11.0. The van der Waals surface area contributed by atoms with Crippen LogP contribution in [0.15, 0.2) is 36.5 Å². The van der Waals surface area contributed by atoms with Gasteiger partial charge in [0.1, 0.15) is 29.0 Å². The summed E-state index contributed by atoms with van der Waals surface area (Å²) in [5.41, 5.74) is 1.73. The summed E-state index contributed by atoms with van der Waals surface area (Å²) in [4.78, 5) is 11.0. The van der Waals surface area contributed by atoms with Crippen molar-refractivity contribution in [3.05, 3.63) is 53.3 Å². The number of nitrogens with one attached hydrogen (secondary N) is 1. The summed E-state index contributed by atoms with van der Waals surface area (Å²) in [6.07, 6.45) is 1.82. The molecule has 0 saturated heterocycles. The van der Waals surface area contributed by atoms with Crippen molar-refractivity contribution in [2.45, 2.75) is 58.5 Å². The number of benzene rings is 2. The molecule has 0 spiro atoms. The van der Waals surface area contributed by atoms with E-state index in [9.17, 15) is 30.3 Å². The van der Waals surface area contributed by atoms with Crippen LogP contribution in [-0.4, -0.2) is 119 Å². The molecule has 0 bridgehead atoms. The number of phenolic OH excluding ortho intramolecular Hbond substituents is 4. The summed E-state index contributed by atoms with van der Waals surface area (Å²) in [5, 5.41) is 59.0. The zero-order chi connectivity index (χ0) is 37.0. The monoisotopic (exact) mass is 720 g/mol. The van der Waals surface area contributed by atoms with Crippen LogP contribution in [0.25, 0.3) is 0 Å². The predicted molar refractivity (Wildman–Crippen MR) is 184 cm³/mol. The lowest BCUT2D eigenvalue weighted by Gasteiger charge is -2.31. The smallest absolute Gasteiger partial charge is 0.222 e. The Labute approximate surface area is 297 Å². The Morgan fingerprint density at radius 1 is 0.882 bits per heavy atom. The van der Waals surface area contributed by atoms with Crippen LogP contribution in [0, 0.1) is 5.92 Å². The second-order valence-corrected chi connectivity index (χ2v) is 12.1. The van der Waals surface area contributed by atoms with Crippen LogP contribution < -0.4 is 10.1 Å². The largest absolute Gasteiger partial charge is 0.508 e. The second kappa shape index (κ2) is 22.6. The predicted octanol–water partition coefficient (Wildman–Crippen LogP) is 2.59. The van der Waals surface area contributed by atoms with Gasteiger partial charge >= 0.3 is 0 Å². The summed E-state index contributed by atoms with van der Waals surface area (Å²) in [6.45, 7) is 10.1. The number of aliphatic hydroxyl groups excluding tert-OH is 1. The van der Waals surface area contributed by atoms with E-state index in [1.807, 2.05) is 10.9 Å². The van der Waals surface area contributed by atoms with Crippen LogP contribution in [-0.2, 0) is 48.1 Å². The summed E-state index contributed by atoms with van der Waals surface area (Å²) in [7, 11) is 1.61. The molecule has 3 aromatic rings. The lowest BCUT2D eigenvalue weighted by atomic mass is 9.94. The Balaban J connectivity index is 0.000000291. The highest BCUT2D eigenvalue weighted by Gasteiger charge is 2.32. The molecule has 51 heavy (non-hydrogen) atoms. The summed E-state index contributed by atoms with van der Waals surface area (Å²) >= 11 is 0. The summed E-state index contributed by atoms with van der Waals surface area (Å²) < 4.78 is 34.6. The van der Waals surface area contributed by atoms with Gasteiger partial charge in [0.2, 0.25) is 5.91 Å². The average molecular weight is 721 g/mol. The quantitative estimate of drug-likeness (QED) is 0.0689. The molecule has 1 amide bonds. The third-order valence-electron chi connectivity index (χ3n) is 7.53. The van der Waals surface area contributed by atoms with E-state index in [4.69, 9.17) is 28.4 Å². The molecule has 16 heteroatoms. The number of fused-ring (bicyclic) bond motifs is 1. The number of carbonyl (C=O) groups excluding carboxylic acids is 1. The Hall–Kier alpha value is -4.19. The van der Waals surface area contributed by atoms with Crippen LogP contribution in [0.3, 0.4) is 0 Å². The number of amides is 1. The Morgan fingerprint density at radius 2 is 1.51 bits per heavy atom. The molecule has 2 atom stereocenters. The van der Waals surface area contributed by atoms with E-state index in [0.29, 0.717) is 89.5 Å². The van der Waals surface area contributed by atoms with Gasteiger partial charge in [-0.25, -0.2) is 0 Å². The Morgan fingerprint density at radius 3 is 2.12 bits per heavy atom. The lowest BCUT2D eigenvalue weighted by Crippen LogP contribution is -2.30. The second-order valence-electron chi connectivity index (χ2n) is 12.1. The van der Waals surface area contributed by atoms with Crippen molar-refractivity contribution >= 4 is 5.91 Å². The molecule has 2 heterocycles. The van der Waals surface area contributed by atoms with E-state index in [2.05, 4.69) is 29.5 Å². The first-order valence-corrected chi connectivity index (χ1v) is 17.0. The van der Waals surface area contributed by atoms with E-state index in [-0.39, 0.29) is 41.1 Å². The van der Waals surface area contributed by atoms with Crippen molar-refractivity contribution in [3.8, 4) is 28.7 Å². The van der Waals surface area contributed by atoms with Crippen molar-refractivity contribution in [3.63, 3.8) is 0 Å². The number of hydrogen-bond acceptors (Lipinski definition) is 14. The molecule has 284 valence electrons. The third-order valence-corrected chi connectivity index (χ3v) is 7.53. The van der Waals surface area contributed by atoms with Crippen molar-refractivity contribution in [2.24, 2.45) is 5.92 Å². The molecule has 0 fully saturated rings. The van der Waals surface area contributed by atoms with Gasteiger partial charge in [0.05, 0.1) is 78.4 Å². The fourth-order valence-corrected chi connectivity index (χ4v) is 4.72. The highest BCUT2D eigenvalue weighted by molar-refractivity contribution is 5.75. The number of hydrogen-bond donors (Lipinski definition) is 6. The summed E-state index contributed by atoms with van der Waals surface area (Å²) in [5.74, 6) is 0.0306. The van der Waals surface area contributed by atoms with E-state index in [1.54, 1.807) is 7.05 Å². The fourth-order valence-electron chi connectivity index (χ4n) is 4.72. The average Bonchev–Trinajstić information content (AvgIpc) is 3.56. The van der Waals surface area contributed by atoms with Gasteiger partial charge in [-0.3, -0.25) is 9.48 Å². The maximum Gasteiger partial charge on any atom is 0.222 e. The van der Waals surface area contributed by atoms with Crippen LogP contribution in [0.5, 0.6) is 28.7 Å². The van der Waals surface area contributed by atoms with Gasteiger partial charge in [0, 0.05) is 44.1 Å². The van der Waals surface area contributed by atoms with Gasteiger partial charge in [-0.2, -0.15) is 0 Å². The van der Waals surface area contributed by atoms with E-state index in [1.165, 1.54) is 30.3 Å². The highest BCUT2D eigenvalue weighted by Crippen LogP contribution is 2.42. The number of rotatable bonds is 21. The van der Waals surface area contributed by atoms with Gasteiger partial charge in [0.15, 0.2) is 11.5 Å². The molecule has 6 N–H and O–H groups in total. The first kappa shape index (κ1) is 41.2. The molecule has 0 unspecified atom stereocenters. The zero-order valence-corrected chi connectivity index (χ0v) is 29.5. The van der Waals surface area contributed by atoms with Crippen molar-refractivity contribution in [1.29, 1.82) is 0 Å². The van der Waals surface area contributed by atoms with Crippen molar-refractivity contribution in [1.82, 2.24) is 20.3 Å². The SMILES string of the molecule is CNC(=O)CCOCCOCCOCCOCCOCc1cn(CCC(C)C)nn1.Oc1cc(O)c2c(c1)O[C@H](c1ccc(O)c(O)c1)[C@@H](O)C2. The van der Waals surface area contributed by atoms with E-state index < -0.39 is 12.2 Å². The number of aryl methyl sites for hydroxylation is 1. The molecule has 16 nitrogen and oxygen atoms in total. The fraction of sp³-hybridized carbons (Fsp3) is 0.571.